The van der Waals surface area contributed by atoms with Crippen molar-refractivity contribution in [1.82, 2.24) is 10.2 Å². The molecule has 1 heterocycles. The van der Waals surface area contributed by atoms with Crippen LogP contribution in [-0.4, -0.2) is 37.3 Å². The third kappa shape index (κ3) is 4.50. The Morgan fingerprint density at radius 2 is 1.41 bits per heavy atom. The fraction of sp³-hybridized carbons (Fsp3) is 0.538. The minimum Gasteiger partial charge on any atom is -0.314 e. The Morgan fingerprint density at radius 3 is 1.82 bits per heavy atom. The first-order chi connectivity index (χ1) is 9.69. The number of rotatable bonds is 2. The van der Waals surface area contributed by atoms with Gasteiger partial charge in [-0.15, -0.1) is 12.4 Å². The van der Waals surface area contributed by atoms with Crippen LogP contribution in [0, 0.1) is 0 Å². The van der Waals surface area contributed by atoms with E-state index in [1.165, 1.54) is 4.90 Å². The van der Waals surface area contributed by atoms with E-state index in [1.54, 1.807) is 0 Å². The van der Waals surface area contributed by atoms with E-state index in [2.05, 4.69) is 5.32 Å². The third-order valence-electron chi connectivity index (χ3n) is 3.38. The molecule has 2 nitrogen and oxygen atoms in total. The first-order valence-electron chi connectivity index (χ1n) is 6.38. The minimum absolute atomic E-state index is 0. The van der Waals surface area contributed by atoms with Gasteiger partial charge < -0.3 is 5.32 Å². The van der Waals surface area contributed by atoms with Crippen molar-refractivity contribution in [3.05, 3.63) is 35.4 Å². The van der Waals surface area contributed by atoms with Gasteiger partial charge in [-0.25, -0.2) is 0 Å². The molecule has 0 amide bonds. The van der Waals surface area contributed by atoms with Gasteiger partial charge in [0.15, 0.2) is 0 Å². The standard InChI is InChI=1S/C13H14F6N2.ClH/c14-12(15,16)10-3-1-9(2-4-10)11(13(17,18)19)21-7-5-20-6-8-21;/h1-4,11,20H,5-8H2;1H/t11-;/m1./s1. The molecule has 1 N–H and O–H groups in total. The number of benzene rings is 1. The van der Waals surface area contributed by atoms with Crippen molar-refractivity contribution in [2.24, 2.45) is 0 Å². The summed E-state index contributed by atoms with van der Waals surface area (Å²) in [6.45, 7) is 1.25. The summed E-state index contributed by atoms with van der Waals surface area (Å²) >= 11 is 0. The Kier molecular flexibility index (Phi) is 6.11. The molecule has 1 aromatic carbocycles. The molecule has 2 rings (SSSR count). The topological polar surface area (TPSA) is 15.3 Å². The van der Waals surface area contributed by atoms with Crippen LogP contribution in [0.15, 0.2) is 24.3 Å². The van der Waals surface area contributed by atoms with E-state index >= 15 is 0 Å². The Hall–Kier alpha value is -0.990. The average molecular weight is 349 g/mol. The number of piperazine rings is 1. The largest absolute Gasteiger partial charge is 0.416 e. The first kappa shape index (κ1) is 19.1. The molecule has 1 atom stereocenters. The maximum Gasteiger partial charge on any atom is 0.416 e. The van der Waals surface area contributed by atoms with E-state index in [0.29, 0.717) is 25.2 Å². The van der Waals surface area contributed by atoms with Crippen molar-refractivity contribution in [2.75, 3.05) is 26.2 Å². The summed E-state index contributed by atoms with van der Waals surface area (Å²) in [4.78, 5) is 1.24. The Labute approximate surface area is 129 Å². The summed E-state index contributed by atoms with van der Waals surface area (Å²) in [5.74, 6) is 0. The summed E-state index contributed by atoms with van der Waals surface area (Å²) < 4.78 is 77.1. The summed E-state index contributed by atoms with van der Waals surface area (Å²) in [5.41, 5.74) is -1.12. The lowest BCUT2D eigenvalue weighted by Gasteiger charge is -2.36. The van der Waals surface area contributed by atoms with E-state index in [0.717, 1.165) is 12.1 Å². The van der Waals surface area contributed by atoms with E-state index in [-0.39, 0.29) is 31.1 Å². The van der Waals surface area contributed by atoms with Crippen molar-refractivity contribution in [2.45, 2.75) is 18.4 Å². The quantitative estimate of drug-likeness (QED) is 0.821. The van der Waals surface area contributed by atoms with Crippen molar-refractivity contribution < 1.29 is 26.3 Å². The van der Waals surface area contributed by atoms with Crippen LogP contribution in [0.3, 0.4) is 0 Å². The lowest BCUT2D eigenvalue weighted by atomic mass is 10.0. The molecular formula is C13H15ClF6N2. The maximum atomic E-state index is 13.2. The Balaban J connectivity index is 0.00000242. The van der Waals surface area contributed by atoms with Crippen molar-refractivity contribution >= 4 is 12.4 Å². The lowest BCUT2D eigenvalue weighted by Crippen LogP contribution is -2.49. The summed E-state index contributed by atoms with van der Waals surface area (Å²) in [6.07, 6.45) is -9.08. The molecule has 1 aliphatic rings. The zero-order valence-corrected chi connectivity index (χ0v) is 12.2. The second-order valence-electron chi connectivity index (χ2n) is 4.85. The van der Waals surface area contributed by atoms with E-state index in [1.807, 2.05) is 0 Å². The molecule has 9 heteroatoms. The number of nitrogens with one attached hydrogen (secondary N) is 1. The minimum atomic E-state index is -4.55. The monoisotopic (exact) mass is 348 g/mol. The van der Waals surface area contributed by atoms with Crippen LogP contribution in [0.5, 0.6) is 0 Å². The van der Waals surface area contributed by atoms with Gasteiger partial charge in [-0.3, -0.25) is 4.90 Å². The molecule has 1 aromatic rings. The van der Waals surface area contributed by atoms with Gasteiger partial charge in [0.25, 0.3) is 0 Å². The fourth-order valence-electron chi connectivity index (χ4n) is 2.40. The summed E-state index contributed by atoms with van der Waals surface area (Å²) in [7, 11) is 0. The maximum absolute atomic E-state index is 13.2. The number of nitrogens with zero attached hydrogens (tertiary/aromatic N) is 1. The highest BCUT2D eigenvalue weighted by molar-refractivity contribution is 5.85. The molecule has 0 aliphatic carbocycles. The van der Waals surface area contributed by atoms with Crippen molar-refractivity contribution in [1.29, 1.82) is 0 Å². The lowest BCUT2D eigenvalue weighted by molar-refractivity contribution is -0.187. The van der Waals surface area contributed by atoms with Gasteiger partial charge in [0.1, 0.15) is 6.04 Å². The molecule has 1 saturated heterocycles. The van der Waals surface area contributed by atoms with Crippen LogP contribution in [0.4, 0.5) is 26.3 Å². The molecule has 0 saturated carbocycles. The van der Waals surface area contributed by atoms with E-state index in [9.17, 15) is 26.3 Å². The highest BCUT2D eigenvalue weighted by Gasteiger charge is 2.45. The van der Waals surface area contributed by atoms with Crippen LogP contribution >= 0.6 is 12.4 Å². The van der Waals surface area contributed by atoms with Gasteiger partial charge in [0.2, 0.25) is 0 Å². The normalized spacial score (nSPS) is 18.6. The molecule has 1 aliphatic heterocycles. The van der Waals surface area contributed by atoms with E-state index in [4.69, 9.17) is 0 Å². The highest BCUT2D eigenvalue weighted by atomic mass is 35.5. The van der Waals surface area contributed by atoms with Crippen molar-refractivity contribution in [3.8, 4) is 0 Å². The zero-order valence-electron chi connectivity index (χ0n) is 11.3. The van der Waals surface area contributed by atoms with Crippen LogP contribution < -0.4 is 5.32 Å². The summed E-state index contributed by atoms with van der Waals surface area (Å²) in [6, 6.07) is 1.32. The van der Waals surface area contributed by atoms with Gasteiger partial charge in [-0.1, -0.05) is 12.1 Å². The number of alkyl halides is 6. The van der Waals surface area contributed by atoms with Gasteiger partial charge in [0, 0.05) is 26.2 Å². The first-order valence-corrected chi connectivity index (χ1v) is 6.38. The molecule has 0 radical (unpaired) electrons. The SMILES string of the molecule is Cl.FC(F)(F)c1ccc([C@@H](N2CCNCC2)C(F)(F)F)cc1. The van der Waals surface area contributed by atoms with E-state index < -0.39 is 24.0 Å². The van der Waals surface area contributed by atoms with Crippen LogP contribution in [0.1, 0.15) is 17.2 Å². The molecule has 1 fully saturated rings. The van der Waals surface area contributed by atoms with Crippen LogP contribution in [-0.2, 0) is 6.18 Å². The third-order valence-corrected chi connectivity index (χ3v) is 3.38. The molecule has 0 spiro atoms. The second-order valence-corrected chi connectivity index (χ2v) is 4.85. The Morgan fingerprint density at radius 1 is 0.909 bits per heavy atom. The molecule has 0 bridgehead atoms. The zero-order chi connectivity index (χ0) is 15.7. The smallest absolute Gasteiger partial charge is 0.314 e. The van der Waals surface area contributed by atoms with Gasteiger partial charge in [-0.2, -0.15) is 26.3 Å². The Bertz CT molecular complexity index is 465. The second kappa shape index (κ2) is 7.06. The van der Waals surface area contributed by atoms with Crippen LogP contribution in [0.2, 0.25) is 0 Å². The molecular weight excluding hydrogens is 334 g/mol. The van der Waals surface area contributed by atoms with Crippen LogP contribution in [0.25, 0.3) is 0 Å². The van der Waals surface area contributed by atoms with Crippen molar-refractivity contribution in [3.63, 3.8) is 0 Å². The predicted molar refractivity (Wildman–Crippen MR) is 71.9 cm³/mol. The fourth-order valence-corrected chi connectivity index (χ4v) is 2.40. The number of hydrogen-bond acceptors (Lipinski definition) is 2. The average Bonchev–Trinajstić information content (AvgIpc) is 2.38. The molecule has 0 unspecified atom stereocenters. The summed E-state index contributed by atoms with van der Waals surface area (Å²) in [5, 5.41) is 2.94. The molecule has 22 heavy (non-hydrogen) atoms. The number of hydrogen-bond donors (Lipinski definition) is 1. The number of halogens is 7. The van der Waals surface area contributed by atoms with Gasteiger partial charge in [-0.05, 0) is 17.7 Å². The van der Waals surface area contributed by atoms with Gasteiger partial charge in [0.05, 0.1) is 5.56 Å². The predicted octanol–water partition coefficient (Wildman–Crippen LogP) is 3.64. The molecule has 0 aromatic heterocycles. The van der Waals surface area contributed by atoms with Gasteiger partial charge >= 0.3 is 12.4 Å². The highest BCUT2D eigenvalue weighted by Crippen LogP contribution is 2.39. The molecule has 126 valence electrons.